The first-order valence-electron chi connectivity index (χ1n) is 9.61. The SMILES string of the molecule is CN(C)C(=O)CN=C(NC1CCOCC1)N1CC2C3CCC(O3)C2C1.I. The first-order valence-corrected chi connectivity index (χ1v) is 9.61. The maximum Gasteiger partial charge on any atom is 0.243 e. The van der Waals surface area contributed by atoms with E-state index in [2.05, 4.69) is 15.2 Å². The molecule has 1 amide bonds. The van der Waals surface area contributed by atoms with Crippen LogP contribution in [0.3, 0.4) is 0 Å². The molecular formula is C18H31IN4O3. The Morgan fingerprint density at radius 2 is 1.73 bits per heavy atom. The molecule has 4 fully saturated rings. The van der Waals surface area contributed by atoms with E-state index in [-0.39, 0.29) is 36.4 Å². The number of fused-ring (bicyclic) bond motifs is 5. The molecular weight excluding hydrogens is 447 g/mol. The number of likely N-dealkylation sites (tertiary alicyclic amines) is 1. The van der Waals surface area contributed by atoms with Gasteiger partial charge in [0.2, 0.25) is 5.91 Å². The van der Waals surface area contributed by atoms with Gasteiger partial charge in [-0.3, -0.25) is 4.79 Å². The number of likely N-dealkylation sites (N-methyl/N-ethyl adjacent to an activating group) is 1. The number of nitrogens with one attached hydrogen (secondary N) is 1. The molecule has 0 saturated carbocycles. The summed E-state index contributed by atoms with van der Waals surface area (Å²) in [4.78, 5) is 20.6. The van der Waals surface area contributed by atoms with Crippen molar-refractivity contribution in [3.8, 4) is 0 Å². The average Bonchev–Trinajstić information content (AvgIpc) is 3.31. The van der Waals surface area contributed by atoms with E-state index in [1.807, 2.05) is 0 Å². The summed E-state index contributed by atoms with van der Waals surface area (Å²) in [5.74, 6) is 2.19. The van der Waals surface area contributed by atoms with Crippen molar-refractivity contribution in [2.45, 2.75) is 43.9 Å². The fourth-order valence-electron chi connectivity index (χ4n) is 4.68. The Bertz CT molecular complexity index is 521. The normalized spacial score (nSPS) is 33.8. The summed E-state index contributed by atoms with van der Waals surface area (Å²) < 4.78 is 11.5. The van der Waals surface area contributed by atoms with Gasteiger partial charge in [-0.15, -0.1) is 24.0 Å². The Balaban J connectivity index is 0.00000196. The van der Waals surface area contributed by atoms with Gasteiger partial charge in [0.15, 0.2) is 5.96 Å². The summed E-state index contributed by atoms with van der Waals surface area (Å²) in [6.07, 6.45) is 5.28. The highest BCUT2D eigenvalue weighted by atomic mass is 127. The van der Waals surface area contributed by atoms with E-state index < -0.39 is 0 Å². The van der Waals surface area contributed by atoms with Gasteiger partial charge in [-0.2, -0.15) is 0 Å². The molecule has 0 radical (unpaired) electrons. The van der Waals surface area contributed by atoms with Gasteiger partial charge >= 0.3 is 0 Å². The van der Waals surface area contributed by atoms with Crippen LogP contribution in [0.15, 0.2) is 4.99 Å². The second-order valence-electron chi connectivity index (χ2n) is 7.98. The monoisotopic (exact) mass is 478 g/mol. The Kier molecular flexibility index (Phi) is 6.66. The van der Waals surface area contributed by atoms with E-state index in [1.165, 1.54) is 12.8 Å². The lowest BCUT2D eigenvalue weighted by Crippen LogP contribution is -2.48. The smallest absolute Gasteiger partial charge is 0.243 e. The molecule has 26 heavy (non-hydrogen) atoms. The minimum Gasteiger partial charge on any atom is -0.381 e. The van der Waals surface area contributed by atoms with Gasteiger partial charge in [-0.1, -0.05) is 0 Å². The fraction of sp³-hybridized carbons (Fsp3) is 0.889. The molecule has 4 heterocycles. The van der Waals surface area contributed by atoms with Crippen molar-refractivity contribution >= 4 is 35.8 Å². The van der Waals surface area contributed by atoms with E-state index in [1.54, 1.807) is 19.0 Å². The van der Waals surface area contributed by atoms with Crippen LogP contribution < -0.4 is 5.32 Å². The van der Waals surface area contributed by atoms with Gasteiger partial charge < -0.3 is 24.6 Å². The summed E-state index contributed by atoms with van der Waals surface area (Å²) in [6, 6.07) is 0.385. The minimum atomic E-state index is 0. The molecule has 0 aromatic heterocycles. The van der Waals surface area contributed by atoms with Crippen molar-refractivity contribution in [2.24, 2.45) is 16.8 Å². The number of ether oxygens (including phenoxy) is 2. The molecule has 4 aliphatic rings. The molecule has 8 heteroatoms. The zero-order chi connectivity index (χ0) is 17.4. The van der Waals surface area contributed by atoms with Crippen molar-refractivity contribution in [2.75, 3.05) is 46.9 Å². The minimum absolute atomic E-state index is 0. The van der Waals surface area contributed by atoms with E-state index in [0.717, 1.165) is 45.1 Å². The highest BCUT2D eigenvalue weighted by Gasteiger charge is 2.53. The standard InChI is InChI=1S/C18H30N4O3.HI/c1-21(2)17(23)9-19-18(20-12-5-7-24-8-6-12)22-10-13-14(11-22)16-4-3-15(13)25-16;/h12-16H,3-11H2,1-2H3,(H,19,20);1H. The molecule has 0 aromatic carbocycles. The largest absolute Gasteiger partial charge is 0.381 e. The molecule has 0 aromatic rings. The third-order valence-electron chi connectivity index (χ3n) is 6.17. The number of carbonyl (C=O) groups excluding carboxylic acids is 1. The van der Waals surface area contributed by atoms with Crippen LogP contribution >= 0.6 is 24.0 Å². The average molecular weight is 478 g/mol. The van der Waals surface area contributed by atoms with Crippen molar-refractivity contribution in [1.82, 2.24) is 15.1 Å². The molecule has 0 aliphatic carbocycles. The lowest BCUT2D eigenvalue weighted by Gasteiger charge is -2.30. The number of carbonyl (C=O) groups is 1. The molecule has 4 saturated heterocycles. The van der Waals surface area contributed by atoms with Crippen LogP contribution in [0.5, 0.6) is 0 Å². The summed E-state index contributed by atoms with van der Waals surface area (Å²) in [7, 11) is 3.55. The van der Waals surface area contributed by atoms with Crippen LogP contribution in [-0.4, -0.2) is 86.9 Å². The molecule has 4 atom stereocenters. The third kappa shape index (κ3) is 4.11. The molecule has 4 rings (SSSR count). The van der Waals surface area contributed by atoms with Gasteiger partial charge in [-0.05, 0) is 25.7 Å². The number of amides is 1. The quantitative estimate of drug-likeness (QED) is 0.372. The van der Waals surface area contributed by atoms with Gasteiger partial charge in [0.25, 0.3) is 0 Å². The highest BCUT2D eigenvalue weighted by molar-refractivity contribution is 14.0. The fourth-order valence-corrected chi connectivity index (χ4v) is 4.68. The Morgan fingerprint density at radius 1 is 1.12 bits per heavy atom. The topological polar surface area (TPSA) is 66.4 Å². The summed E-state index contributed by atoms with van der Waals surface area (Å²) in [5, 5.41) is 3.62. The second kappa shape index (κ2) is 8.60. The Morgan fingerprint density at radius 3 is 2.31 bits per heavy atom. The van der Waals surface area contributed by atoms with Crippen molar-refractivity contribution < 1.29 is 14.3 Å². The lowest BCUT2D eigenvalue weighted by molar-refractivity contribution is -0.127. The van der Waals surface area contributed by atoms with Gasteiger partial charge in [0, 0.05) is 58.3 Å². The van der Waals surface area contributed by atoms with E-state index in [4.69, 9.17) is 9.47 Å². The van der Waals surface area contributed by atoms with Crippen LogP contribution in [0.2, 0.25) is 0 Å². The number of guanidine groups is 1. The zero-order valence-corrected chi connectivity index (χ0v) is 18.1. The Labute approximate surface area is 172 Å². The predicted molar refractivity (Wildman–Crippen MR) is 110 cm³/mol. The number of halogens is 1. The van der Waals surface area contributed by atoms with Crippen molar-refractivity contribution in [3.63, 3.8) is 0 Å². The number of hydrogen-bond acceptors (Lipinski definition) is 4. The van der Waals surface area contributed by atoms with Crippen molar-refractivity contribution in [1.29, 1.82) is 0 Å². The van der Waals surface area contributed by atoms with Crippen molar-refractivity contribution in [3.05, 3.63) is 0 Å². The summed E-state index contributed by atoms with van der Waals surface area (Å²) in [6.45, 7) is 3.79. The molecule has 2 bridgehead atoms. The maximum atomic E-state index is 12.0. The maximum absolute atomic E-state index is 12.0. The van der Waals surface area contributed by atoms with E-state index in [0.29, 0.717) is 30.1 Å². The van der Waals surface area contributed by atoms with Crippen LogP contribution in [0.4, 0.5) is 0 Å². The van der Waals surface area contributed by atoms with Crippen LogP contribution in [0, 0.1) is 11.8 Å². The summed E-state index contributed by atoms with van der Waals surface area (Å²) in [5.41, 5.74) is 0. The highest BCUT2D eigenvalue weighted by Crippen LogP contribution is 2.47. The van der Waals surface area contributed by atoms with Crippen LogP contribution in [0.1, 0.15) is 25.7 Å². The number of hydrogen-bond donors (Lipinski definition) is 1. The van der Waals surface area contributed by atoms with E-state index >= 15 is 0 Å². The zero-order valence-electron chi connectivity index (χ0n) is 15.7. The molecule has 4 unspecified atom stereocenters. The summed E-state index contributed by atoms with van der Waals surface area (Å²) >= 11 is 0. The Hall–Kier alpha value is -0.610. The number of rotatable bonds is 3. The third-order valence-corrected chi connectivity index (χ3v) is 6.17. The number of aliphatic imine (C=N–C) groups is 1. The molecule has 4 aliphatic heterocycles. The van der Waals surface area contributed by atoms with Crippen LogP contribution in [-0.2, 0) is 14.3 Å². The predicted octanol–water partition coefficient (Wildman–Crippen LogP) is 0.926. The number of nitrogens with zero attached hydrogens (tertiary/aromatic N) is 3. The molecule has 1 N–H and O–H groups in total. The van der Waals surface area contributed by atoms with Gasteiger partial charge in [0.05, 0.1) is 12.2 Å². The van der Waals surface area contributed by atoms with E-state index in [9.17, 15) is 4.79 Å². The van der Waals surface area contributed by atoms with Crippen LogP contribution in [0.25, 0.3) is 0 Å². The first-order chi connectivity index (χ1) is 12.1. The van der Waals surface area contributed by atoms with Gasteiger partial charge in [-0.25, -0.2) is 4.99 Å². The molecule has 7 nitrogen and oxygen atoms in total. The molecule has 0 spiro atoms. The second-order valence-corrected chi connectivity index (χ2v) is 7.98. The molecule has 148 valence electrons. The lowest BCUT2D eigenvalue weighted by atomic mass is 9.82. The van der Waals surface area contributed by atoms with Gasteiger partial charge in [0.1, 0.15) is 6.54 Å². The first kappa shape index (κ1) is 20.1.